The fraction of sp³-hybridized carbons (Fsp3) is 0.500. The first-order chi connectivity index (χ1) is 16.4. The van der Waals surface area contributed by atoms with Crippen LogP contribution in [0.25, 0.3) is 10.4 Å². The van der Waals surface area contributed by atoms with Crippen LogP contribution in [0.3, 0.4) is 0 Å². The molecule has 2 N–H and O–H groups in total. The van der Waals surface area contributed by atoms with Gasteiger partial charge in [0.25, 0.3) is 0 Å². The molecule has 6 heteroatoms. The summed E-state index contributed by atoms with van der Waals surface area (Å²) >= 11 is 1.65. The number of Topliss-reactive ketones (excluding diaryl/α,β-unsaturated/α-hetero) is 1. The van der Waals surface area contributed by atoms with Crippen molar-refractivity contribution in [3.05, 3.63) is 54.4 Å². The van der Waals surface area contributed by atoms with E-state index in [9.17, 15) is 9.59 Å². The molecule has 5 rings (SSSR count). The van der Waals surface area contributed by atoms with Gasteiger partial charge in [0.15, 0.2) is 0 Å². The van der Waals surface area contributed by atoms with Crippen molar-refractivity contribution < 1.29 is 9.59 Å². The summed E-state index contributed by atoms with van der Waals surface area (Å²) < 4.78 is 0. The van der Waals surface area contributed by atoms with Crippen LogP contribution in [0, 0.1) is 0 Å². The molecule has 2 amide bonds. The van der Waals surface area contributed by atoms with E-state index in [-0.39, 0.29) is 17.4 Å². The number of anilines is 1. The van der Waals surface area contributed by atoms with Crippen LogP contribution in [0.2, 0.25) is 0 Å². The number of fused-ring (bicyclic) bond motifs is 3. The highest BCUT2D eigenvalue weighted by atomic mass is 32.1. The van der Waals surface area contributed by atoms with Crippen LogP contribution < -0.4 is 10.6 Å². The normalized spacial score (nSPS) is 19.1. The Kier molecular flexibility index (Phi) is 16.7. The molecule has 3 fully saturated rings. The van der Waals surface area contributed by atoms with Gasteiger partial charge in [0.1, 0.15) is 5.78 Å². The standard InChI is InChI=1S/C18H21N3OS.C3H6O.C3H6.2C2H6/c22-17(20-18-7-10-21(11-8-18)12-9-18)19-15-6-13-23-16(15)14-4-2-1-3-5-14;1-3(2)4;1-3-2;2*1-2/h1-6,13H,7-12H2,(H2,19,20,22);1-2H3;3H,1H2,2H3;2*1-2H3. The molecule has 3 saturated heterocycles. The summed E-state index contributed by atoms with van der Waals surface area (Å²) in [4.78, 5) is 25.5. The molecule has 0 saturated carbocycles. The first-order valence-corrected chi connectivity index (χ1v) is 13.3. The zero-order valence-electron chi connectivity index (χ0n) is 22.2. The van der Waals surface area contributed by atoms with E-state index in [1.54, 1.807) is 17.4 Å². The third-order valence-corrected chi connectivity index (χ3v) is 6.01. The smallest absolute Gasteiger partial charge is 0.319 e. The van der Waals surface area contributed by atoms with Crippen LogP contribution in [0.4, 0.5) is 10.5 Å². The van der Waals surface area contributed by atoms with E-state index in [2.05, 4.69) is 34.2 Å². The van der Waals surface area contributed by atoms with Crippen molar-refractivity contribution >= 4 is 28.8 Å². The summed E-state index contributed by atoms with van der Waals surface area (Å²) in [6, 6.07) is 12.1. The Labute approximate surface area is 211 Å². The Balaban J connectivity index is 0.000000855. The Bertz CT molecular complexity index is 807. The number of hydrogen-bond donors (Lipinski definition) is 2. The molecule has 4 heterocycles. The lowest BCUT2D eigenvalue weighted by molar-refractivity contribution is -0.115. The number of thiophene rings is 1. The second-order valence-corrected chi connectivity index (χ2v) is 8.71. The Morgan fingerprint density at radius 2 is 1.44 bits per heavy atom. The average Bonchev–Trinajstić information content (AvgIpc) is 3.31. The van der Waals surface area contributed by atoms with Crippen molar-refractivity contribution in [2.24, 2.45) is 0 Å². The van der Waals surface area contributed by atoms with E-state index in [4.69, 9.17) is 0 Å². The van der Waals surface area contributed by atoms with Gasteiger partial charge in [0.05, 0.1) is 10.6 Å². The van der Waals surface area contributed by atoms with Gasteiger partial charge in [0.2, 0.25) is 0 Å². The molecule has 5 nitrogen and oxygen atoms in total. The van der Waals surface area contributed by atoms with Crippen molar-refractivity contribution in [1.82, 2.24) is 10.2 Å². The minimum absolute atomic E-state index is 0.00175. The predicted molar refractivity (Wildman–Crippen MR) is 150 cm³/mol. The second-order valence-electron chi connectivity index (χ2n) is 7.80. The van der Waals surface area contributed by atoms with Gasteiger partial charge in [-0.3, -0.25) is 0 Å². The van der Waals surface area contributed by atoms with Crippen molar-refractivity contribution in [1.29, 1.82) is 0 Å². The van der Waals surface area contributed by atoms with Gasteiger partial charge >= 0.3 is 6.03 Å². The fourth-order valence-electron chi connectivity index (χ4n) is 3.63. The van der Waals surface area contributed by atoms with Gasteiger partial charge in [-0.25, -0.2) is 4.79 Å². The summed E-state index contributed by atoms with van der Waals surface area (Å²) in [5.74, 6) is 0.167. The first-order valence-electron chi connectivity index (χ1n) is 12.4. The summed E-state index contributed by atoms with van der Waals surface area (Å²) in [6.45, 7) is 19.6. The molecule has 0 atom stereocenters. The number of hydrogen-bond acceptors (Lipinski definition) is 4. The average molecular weight is 488 g/mol. The summed E-state index contributed by atoms with van der Waals surface area (Å²) in [7, 11) is 0. The molecule has 0 radical (unpaired) electrons. The Morgan fingerprint density at radius 1 is 0.971 bits per heavy atom. The number of amides is 2. The molecular formula is C28H45N3O2S. The van der Waals surface area contributed by atoms with Crippen LogP contribution in [0.5, 0.6) is 0 Å². The number of carbonyl (C=O) groups is 2. The number of piperidine rings is 3. The molecule has 1 aromatic heterocycles. The lowest BCUT2D eigenvalue weighted by atomic mass is 9.80. The van der Waals surface area contributed by atoms with E-state index < -0.39 is 0 Å². The lowest BCUT2D eigenvalue weighted by Gasteiger charge is -2.48. The predicted octanol–water partition coefficient (Wildman–Crippen LogP) is 7.61. The van der Waals surface area contributed by atoms with E-state index in [0.29, 0.717) is 0 Å². The van der Waals surface area contributed by atoms with Crippen LogP contribution in [-0.4, -0.2) is 41.9 Å². The molecule has 190 valence electrons. The van der Waals surface area contributed by atoms with Gasteiger partial charge in [-0.2, -0.15) is 0 Å². The number of nitrogens with one attached hydrogen (secondary N) is 2. The monoisotopic (exact) mass is 487 g/mol. The maximum absolute atomic E-state index is 12.5. The van der Waals surface area contributed by atoms with Crippen LogP contribution in [-0.2, 0) is 4.79 Å². The number of ketones is 1. The molecule has 0 aliphatic carbocycles. The maximum Gasteiger partial charge on any atom is 0.319 e. The molecule has 0 spiro atoms. The third kappa shape index (κ3) is 11.1. The van der Waals surface area contributed by atoms with Crippen LogP contribution in [0.15, 0.2) is 54.4 Å². The Hall–Kier alpha value is -2.44. The number of nitrogens with zero attached hydrogens (tertiary/aromatic N) is 1. The fourth-order valence-corrected chi connectivity index (χ4v) is 4.49. The molecule has 1 aromatic carbocycles. The Morgan fingerprint density at radius 3 is 1.91 bits per heavy atom. The molecule has 3 aliphatic rings. The molecule has 34 heavy (non-hydrogen) atoms. The number of rotatable bonds is 3. The van der Waals surface area contributed by atoms with Crippen molar-refractivity contribution in [3.63, 3.8) is 0 Å². The molecule has 3 aliphatic heterocycles. The summed E-state index contributed by atoms with van der Waals surface area (Å²) in [5, 5.41) is 8.35. The van der Waals surface area contributed by atoms with Gasteiger partial charge in [-0.05, 0) is 57.0 Å². The molecule has 0 unspecified atom stereocenters. The summed E-state index contributed by atoms with van der Waals surface area (Å²) in [5.41, 5.74) is 2.03. The van der Waals surface area contributed by atoms with Crippen molar-refractivity contribution in [2.45, 2.75) is 73.3 Å². The van der Waals surface area contributed by atoms with E-state index in [1.165, 1.54) is 13.8 Å². The zero-order valence-corrected chi connectivity index (χ0v) is 23.1. The number of benzene rings is 1. The van der Waals surface area contributed by atoms with Crippen LogP contribution in [0.1, 0.15) is 67.7 Å². The highest BCUT2D eigenvalue weighted by molar-refractivity contribution is 7.14. The zero-order chi connectivity index (χ0) is 26.0. The number of allylic oxidation sites excluding steroid dienone is 1. The largest absolute Gasteiger partial charge is 0.332 e. The lowest BCUT2D eigenvalue weighted by Crippen LogP contribution is -2.61. The van der Waals surface area contributed by atoms with Gasteiger partial charge in [0, 0.05) is 25.2 Å². The van der Waals surface area contributed by atoms with Gasteiger partial charge < -0.3 is 20.3 Å². The number of carbonyl (C=O) groups excluding carboxylic acids is 2. The first kappa shape index (κ1) is 31.6. The van der Waals surface area contributed by atoms with E-state index >= 15 is 0 Å². The second kappa shape index (κ2) is 18.0. The van der Waals surface area contributed by atoms with Gasteiger partial charge in [-0.1, -0.05) is 64.1 Å². The highest BCUT2D eigenvalue weighted by Gasteiger charge is 2.40. The SMILES string of the molecule is C=CC.CC.CC.CC(C)=O.O=C(Nc1ccsc1-c1ccccc1)NC12CCN(CC1)CC2. The topological polar surface area (TPSA) is 61.4 Å². The minimum atomic E-state index is -0.0732. The molecule has 2 aromatic rings. The quantitative estimate of drug-likeness (QED) is 0.438. The van der Waals surface area contributed by atoms with Crippen molar-refractivity contribution in [2.75, 3.05) is 25.0 Å². The molecule has 2 bridgehead atoms. The van der Waals surface area contributed by atoms with Gasteiger partial charge in [-0.15, -0.1) is 17.9 Å². The van der Waals surface area contributed by atoms with Crippen LogP contribution >= 0.6 is 11.3 Å². The maximum atomic E-state index is 12.5. The highest BCUT2D eigenvalue weighted by Crippen LogP contribution is 2.34. The number of urea groups is 1. The summed E-state index contributed by atoms with van der Waals surface area (Å²) in [6.07, 6.45) is 4.95. The third-order valence-electron chi connectivity index (χ3n) is 5.05. The van der Waals surface area contributed by atoms with Crippen molar-refractivity contribution in [3.8, 4) is 10.4 Å². The molecular weight excluding hydrogens is 442 g/mol. The minimum Gasteiger partial charge on any atom is -0.332 e. The van der Waals surface area contributed by atoms with E-state index in [1.807, 2.05) is 64.3 Å². The van der Waals surface area contributed by atoms with E-state index in [0.717, 1.165) is 55.0 Å².